The van der Waals surface area contributed by atoms with E-state index in [1.807, 2.05) is 26.8 Å². The fourth-order valence-electron chi connectivity index (χ4n) is 2.74. The molecule has 1 N–H and O–H groups in total. The topological polar surface area (TPSA) is 76.5 Å². The standard InChI is InChI=1S/C16H26N4O3/c1-6-20-13(9-12(18-20)11(2)3)14(21)19-7-8-23-16(4,10-19)15(22)17-5/h9,11H,6-8,10H2,1-5H3,(H,17,22)/t16-/m0/s1. The van der Waals surface area contributed by atoms with Crippen LogP contribution >= 0.6 is 0 Å². The van der Waals surface area contributed by atoms with Gasteiger partial charge in [-0.05, 0) is 25.8 Å². The van der Waals surface area contributed by atoms with Crippen LogP contribution in [0.15, 0.2) is 6.07 Å². The Labute approximate surface area is 137 Å². The van der Waals surface area contributed by atoms with Crippen LogP contribution in [0.1, 0.15) is 49.8 Å². The third kappa shape index (κ3) is 3.39. The number of hydrogen-bond acceptors (Lipinski definition) is 4. The van der Waals surface area contributed by atoms with E-state index >= 15 is 0 Å². The molecule has 0 saturated carbocycles. The lowest BCUT2D eigenvalue weighted by molar-refractivity contribution is -0.153. The summed E-state index contributed by atoms with van der Waals surface area (Å²) in [7, 11) is 1.57. The van der Waals surface area contributed by atoms with Crippen molar-refractivity contribution in [2.45, 2.75) is 45.8 Å². The number of aryl methyl sites for hydroxylation is 1. The molecule has 0 radical (unpaired) electrons. The van der Waals surface area contributed by atoms with Crippen LogP contribution in [-0.4, -0.2) is 58.8 Å². The maximum atomic E-state index is 12.9. The number of carbonyl (C=O) groups is 2. The first-order chi connectivity index (χ1) is 10.8. The van der Waals surface area contributed by atoms with Crippen molar-refractivity contribution in [3.8, 4) is 0 Å². The number of aromatic nitrogens is 2. The molecular formula is C16H26N4O3. The summed E-state index contributed by atoms with van der Waals surface area (Å²) in [6.07, 6.45) is 0. The second-order valence-electron chi connectivity index (χ2n) is 6.31. The highest BCUT2D eigenvalue weighted by atomic mass is 16.5. The average Bonchev–Trinajstić information content (AvgIpc) is 2.97. The molecule has 1 aromatic heterocycles. The Bertz CT molecular complexity index is 596. The third-order valence-electron chi connectivity index (χ3n) is 4.18. The predicted molar refractivity (Wildman–Crippen MR) is 86.3 cm³/mol. The van der Waals surface area contributed by atoms with Gasteiger partial charge in [-0.2, -0.15) is 5.10 Å². The maximum absolute atomic E-state index is 12.9. The van der Waals surface area contributed by atoms with Gasteiger partial charge in [0.25, 0.3) is 11.8 Å². The van der Waals surface area contributed by atoms with Gasteiger partial charge in [0, 0.05) is 20.1 Å². The monoisotopic (exact) mass is 322 g/mol. The van der Waals surface area contributed by atoms with Crippen molar-refractivity contribution in [1.82, 2.24) is 20.0 Å². The van der Waals surface area contributed by atoms with Crippen LogP contribution in [0.4, 0.5) is 0 Å². The highest BCUT2D eigenvalue weighted by Crippen LogP contribution is 2.21. The van der Waals surface area contributed by atoms with Crippen molar-refractivity contribution in [3.63, 3.8) is 0 Å². The highest BCUT2D eigenvalue weighted by Gasteiger charge is 2.40. The lowest BCUT2D eigenvalue weighted by Gasteiger charge is -2.38. The molecule has 23 heavy (non-hydrogen) atoms. The van der Waals surface area contributed by atoms with Crippen LogP contribution < -0.4 is 5.32 Å². The average molecular weight is 322 g/mol. The summed E-state index contributed by atoms with van der Waals surface area (Å²) >= 11 is 0. The van der Waals surface area contributed by atoms with Gasteiger partial charge in [0.15, 0.2) is 5.60 Å². The summed E-state index contributed by atoms with van der Waals surface area (Å²) in [6, 6.07) is 1.85. The van der Waals surface area contributed by atoms with Gasteiger partial charge in [-0.15, -0.1) is 0 Å². The Morgan fingerprint density at radius 2 is 2.17 bits per heavy atom. The lowest BCUT2D eigenvalue weighted by Crippen LogP contribution is -2.59. The second-order valence-corrected chi connectivity index (χ2v) is 6.31. The van der Waals surface area contributed by atoms with Gasteiger partial charge in [-0.3, -0.25) is 14.3 Å². The molecule has 7 nitrogen and oxygen atoms in total. The van der Waals surface area contributed by atoms with Gasteiger partial charge in [0.05, 0.1) is 18.8 Å². The van der Waals surface area contributed by atoms with Crippen LogP contribution in [0, 0.1) is 0 Å². The van der Waals surface area contributed by atoms with E-state index in [9.17, 15) is 9.59 Å². The van der Waals surface area contributed by atoms with E-state index in [0.29, 0.717) is 25.4 Å². The molecule has 0 bridgehead atoms. The number of hydrogen-bond donors (Lipinski definition) is 1. The number of amides is 2. The van der Waals surface area contributed by atoms with E-state index in [-0.39, 0.29) is 24.3 Å². The number of carbonyl (C=O) groups excluding carboxylic acids is 2. The normalized spacial score (nSPS) is 21.6. The molecule has 128 valence electrons. The van der Waals surface area contributed by atoms with Crippen molar-refractivity contribution >= 4 is 11.8 Å². The number of nitrogens with one attached hydrogen (secondary N) is 1. The van der Waals surface area contributed by atoms with Crippen LogP contribution in [0.2, 0.25) is 0 Å². The quantitative estimate of drug-likeness (QED) is 0.897. The molecule has 1 aromatic rings. The third-order valence-corrected chi connectivity index (χ3v) is 4.18. The molecular weight excluding hydrogens is 296 g/mol. The van der Waals surface area contributed by atoms with Gasteiger partial charge < -0.3 is 15.0 Å². The van der Waals surface area contributed by atoms with E-state index in [0.717, 1.165) is 5.69 Å². The van der Waals surface area contributed by atoms with Crippen molar-refractivity contribution in [3.05, 3.63) is 17.5 Å². The molecule has 2 heterocycles. The molecule has 1 atom stereocenters. The van der Waals surface area contributed by atoms with Crippen LogP contribution in [-0.2, 0) is 16.1 Å². The molecule has 2 amide bonds. The van der Waals surface area contributed by atoms with Crippen molar-refractivity contribution in [2.24, 2.45) is 0 Å². The van der Waals surface area contributed by atoms with Gasteiger partial charge in [0.2, 0.25) is 0 Å². The molecule has 0 unspecified atom stereocenters. The fourth-order valence-corrected chi connectivity index (χ4v) is 2.74. The molecule has 1 saturated heterocycles. The van der Waals surface area contributed by atoms with E-state index in [4.69, 9.17) is 4.74 Å². The smallest absolute Gasteiger partial charge is 0.272 e. The summed E-state index contributed by atoms with van der Waals surface area (Å²) in [5.74, 6) is -0.0679. The maximum Gasteiger partial charge on any atom is 0.272 e. The van der Waals surface area contributed by atoms with Crippen LogP contribution in [0.5, 0.6) is 0 Å². The number of morpholine rings is 1. The summed E-state index contributed by atoms with van der Waals surface area (Å²) < 4.78 is 7.33. The summed E-state index contributed by atoms with van der Waals surface area (Å²) in [4.78, 5) is 26.6. The molecule has 1 fully saturated rings. The van der Waals surface area contributed by atoms with Crippen molar-refractivity contribution in [2.75, 3.05) is 26.7 Å². The molecule has 0 spiro atoms. The number of nitrogens with zero attached hydrogens (tertiary/aromatic N) is 3. The zero-order valence-electron chi connectivity index (χ0n) is 14.5. The zero-order chi connectivity index (χ0) is 17.2. The first-order valence-corrected chi connectivity index (χ1v) is 8.05. The summed E-state index contributed by atoms with van der Waals surface area (Å²) in [5.41, 5.74) is 0.454. The Balaban J connectivity index is 2.25. The Morgan fingerprint density at radius 3 is 2.74 bits per heavy atom. The number of ether oxygens (including phenoxy) is 1. The Morgan fingerprint density at radius 1 is 1.48 bits per heavy atom. The van der Waals surface area contributed by atoms with Crippen LogP contribution in [0.3, 0.4) is 0 Å². The van der Waals surface area contributed by atoms with Gasteiger partial charge in [0.1, 0.15) is 5.69 Å². The SMILES string of the molecule is CCn1nc(C(C)C)cc1C(=O)N1CCO[C@](C)(C(=O)NC)C1. The predicted octanol–water partition coefficient (Wildman–Crippen LogP) is 1.00. The van der Waals surface area contributed by atoms with Gasteiger partial charge in [-0.1, -0.05) is 13.8 Å². The molecule has 2 rings (SSSR count). The minimum absolute atomic E-state index is 0.107. The Kier molecular flexibility index (Phi) is 5.09. The molecule has 0 aromatic carbocycles. The molecule has 0 aliphatic carbocycles. The number of rotatable bonds is 4. The Hall–Kier alpha value is -1.89. The van der Waals surface area contributed by atoms with Crippen molar-refractivity contribution < 1.29 is 14.3 Å². The highest BCUT2D eigenvalue weighted by molar-refractivity contribution is 5.94. The summed E-state index contributed by atoms with van der Waals surface area (Å²) in [6.45, 7) is 9.44. The molecule has 1 aliphatic heterocycles. The molecule has 7 heteroatoms. The summed E-state index contributed by atoms with van der Waals surface area (Å²) in [5, 5.41) is 7.09. The minimum Gasteiger partial charge on any atom is -0.362 e. The fraction of sp³-hybridized carbons (Fsp3) is 0.688. The van der Waals surface area contributed by atoms with Gasteiger partial charge in [-0.25, -0.2) is 0 Å². The van der Waals surface area contributed by atoms with Gasteiger partial charge >= 0.3 is 0 Å². The minimum atomic E-state index is -1.01. The first-order valence-electron chi connectivity index (χ1n) is 8.05. The van der Waals surface area contributed by atoms with E-state index in [2.05, 4.69) is 10.4 Å². The first kappa shape index (κ1) is 17.5. The lowest BCUT2D eigenvalue weighted by atomic mass is 10.0. The van der Waals surface area contributed by atoms with Crippen molar-refractivity contribution in [1.29, 1.82) is 0 Å². The zero-order valence-corrected chi connectivity index (χ0v) is 14.5. The van der Waals surface area contributed by atoms with E-state index in [1.54, 1.807) is 23.6 Å². The number of likely N-dealkylation sites (N-methyl/N-ethyl adjacent to an activating group) is 1. The molecule has 1 aliphatic rings. The largest absolute Gasteiger partial charge is 0.362 e. The second kappa shape index (κ2) is 6.70. The van der Waals surface area contributed by atoms with E-state index < -0.39 is 5.60 Å². The van der Waals surface area contributed by atoms with E-state index in [1.165, 1.54) is 0 Å². The van der Waals surface area contributed by atoms with Crippen LogP contribution in [0.25, 0.3) is 0 Å².